The highest BCUT2D eigenvalue weighted by Crippen LogP contribution is 2.39. The number of aromatic nitrogens is 3. The van der Waals surface area contributed by atoms with Crippen LogP contribution >= 0.6 is 0 Å². The lowest BCUT2D eigenvalue weighted by Crippen LogP contribution is -2.40. The smallest absolute Gasteiger partial charge is 0.322 e. The summed E-state index contributed by atoms with van der Waals surface area (Å²) in [5.74, 6) is -2.07. The number of fused-ring (bicyclic) bond motifs is 2. The lowest BCUT2D eigenvalue weighted by atomic mass is 9.89. The van der Waals surface area contributed by atoms with Gasteiger partial charge in [-0.2, -0.15) is 5.10 Å². The van der Waals surface area contributed by atoms with E-state index in [1.807, 2.05) is 48.2 Å². The number of hydrogen-bond acceptors (Lipinski definition) is 7. The Kier molecular flexibility index (Phi) is 7.50. The van der Waals surface area contributed by atoms with Crippen molar-refractivity contribution in [2.45, 2.75) is 39.2 Å². The zero-order valence-electron chi connectivity index (χ0n) is 22.3. The molecule has 5 rings (SSSR count). The molecular weight excluding hydrogens is 516 g/mol. The summed E-state index contributed by atoms with van der Waals surface area (Å²) in [6, 6.07) is 11.8. The van der Waals surface area contributed by atoms with Crippen LogP contribution in [0.15, 0.2) is 40.9 Å². The third-order valence-electron chi connectivity index (χ3n) is 7.27. The minimum Gasteiger partial charge on any atom is -0.480 e. The molecule has 0 radical (unpaired) electrons. The summed E-state index contributed by atoms with van der Waals surface area (Å²) in [6.45, 7) is 3.74. The first-order valence-corrected chi connectivity index (χ1v) is 13.1. The Morgan fingerprint density at radius 3 is 2.52 bits per heavy atom. The van der Waals surface area contributed by atoms with E-state index >= 15 is 0 Å². The van der Waals surface area contributed by atoms with Crippen molar-refractivity contribution >= 4 is 45.6 Å². The van der Waals surface area contributed by atoms with E-state index in [2.05, 4.69) is 15.8 Å². The molecule has 12 heteroatoms. The maximum atomic E-state index is 12.8. The second-order valence-electron chi connectivity index (χ2n) is 9.95. The molecule has 40 heavy (non-hydrogen) atoms. The SMILES string of the molecule is CC(=O)N1CCC(c2nn(CC(=O)NCC(=O)NCC(=O)O)c3cccc(-c4ccc5c(C)noc5c4)c23)CC1. The van der Waals surface area contributed by atoms with Gasteiger partial charge < -0.3 is 25.2 Å². The number of piperidine rings is 1. The summed E-state index contributed by atoms with van der Waals surface area (Å²) < 4.78 is 7.14. The fraction of sp³-hybridized carbons (Fsp3) is 0.357. The van der Waals surface area contributed by atoms with Gasteiger partial charge in [0.1, 0.15) is 13.1 Å². The first kappa shape index (κ1) is 26.9. The summed E-state index contributed by atoms with van der Waals surface area (Å²) in [5, 5.41) is 24.3. The highest BCUT2D eigenvalue weighted by molar-refractivity contribution is 5.99. The number of carbonyl (C=O) groups is 4. The first-order chi connectivity index (χ1) is 19.2. The number of carboxylic acids is 1. The first-order valence-electron chi connectivity index (χ1n) is 13.1. The van der Waals surface area contributed by atoms with Crippen molar-refractivity contribution < 1.29 is 28.8 Å². The third kappa shape index (κ3) is 5.51. The van der Waals surface area contributed by atoms with E-state index in [1.54, 1.807) is 11.6 Å². The van der Waals surface area contributed by atoms with E-state index < -0.39 is 24.3 Å². The molecule has 0 unspecified atom stereocenters. The number of aryl methyl sites for hydroxylation is 1. The molecule has 1 fully saturated rings. The molecule has 0 aliphatic carbocycles. The van der Waals surface area contributed by atoms with E-state index in [9.17, 15) is 19.2 Å². The van der Waals surface area contributed by atoms with Crippen molar-refractivity contribution in [3.05, 3.63) is 47.8 Å². The van der Waals surface area contributed by atoms with Crippen molar-refractivity contribution in [2.24, 2.45) is 0 Å². The quantitative estimate of drug-likeness (QED) is 0.303. The Balaban J connectivity index is 1.48. The van der Waals surface area contributed by atoms with E-state index in [4.69, 9.17) is 14.7 Å². The number of aliphatic carboxylic acids is 1. The molecule has 0 saturated carbocycles. The molecule has 12 nitrogen and oxygen atoms in total. The predicted molar refractivity (Wildman–Crippen MR) is 145 cm³/mol. The molecule has 1 aliphatic rings. The number of carbonyl (C=O) groups excluding carboxylic acids is 3. The van der Waals surface area contributed by atoms with Crippen LogP contribution in [0.3, 0.4) is 0 Å². The van der Waals surface area contributed by atoms with Crippen LogP contribution in [0, 0.1) is 6.92 Å². The molecule has 3 N–H and O–H groups in total. The number of nitrogens with one attached hydrogen (secondary N) is 2. The van der Waals surface area contributed by atoms with Gasteiger partial charge in [-0.1, -0.05) is 23.4 Å². The lowest BCUT2D eigenvalue weighted by Gasteiger charge is -2.30. The highest BCUT2D eigenvalue weighted by atomic mass is 16.5. The summed E-state index contributed by atoms with van der Waals surface area (Å²) in [4.78, 5) is 49.0. The van der Waals surface area contributed by atoms with Crippen molar-refractivity contribution in [3.8, 4) is 11.1 Å². The number of amides is 3. The maximum Gasteiger partial charge on any atom is 0.322 e. The van der Waals surface area contributed by atoms with Gasteiger partial charge in [0.05, 0.1) is 23.4 Å². The molecule has 1 saturated heterocycles. The van der Waals surface area contributed by atoms with Crippen molar-refractivity contribution in [3.63, 3.8) is 0 Å². The molecule has 4 aromatic rings. The molecule has 2 aromatic carbocycles. The average molecular weight is 547 g/mol. The van der Waals surface area contributed by atoms with Gasteiger partial charge in [0, 0.05) is 36.7 Å². The van der Waals surface area contributed by atoms with E-state index in [0.717, 1.165) is 51.6 Å². The van der Waals surface area contributed by atoms with E-state index in [-0.39, 0.29) is 24.9 Å². The second-order valence-corrected chi connectivity index (χ2v) is 9.95. The molecule has 2 aromatic heterocycles. The Morgan fingerprint density at radius 1 is 1.05 bits per heavy atom. The molecule has 0 spiro atoms. The zero-order chi connectivity index (χ0) is 28.4. The molecule has 0 atom stereocenters. The highest BCUT2D eigenvalue weighted by Gasteiger charge is 2.28. The van der Waals surface area contributed by atoms with Gasteiger partial charge in [0.2, 0.25) is 17.7 Å². The Bertz CT molecular complexity index is 1610. The van der Waals surface area contributed by atoms with Crippen LogP contribution in [-0.2, 0) is 25.7 Å². The van der Waals surface area contributed by atoms with Crippen LogP contribution in [0.1, 0.15) is 37.1 Å². The standard InChI is InChI=1S/C28H30N6O6/c1-16-20-7-6-19(12-23(20)40-32-16)21-4-3-5-22-27(21)28(18-8-10-33(11-9-18)17(2)35)31-34(22)15-25(37)29-13-24(36)30-14-26(38)39/h3-7,12,18H,8-11,13-15H2,1-2H3,(H,29,37)(H,30,36)(H,38,39). The Morgan fingerprint density at radius 2 is 1.80 bits per heavy atom. The van der Waals surface area contributed by atoms with Gasteiger partial charge >= 0.3 is 5.97 Å². The van der Waals surface area contributed by atoms with Crippen molar-refractivity contribution in [1.29, 1.82) is 0 Å². The van der Waals surface area contributed by atoms with Gasteiger partial charge in [-0.3, -0.25) is 23.9 Å². The van der Waals surface area contributed by atoms with E-state index in [0.29, 0.717) is 18.7 Å². The topological polar surface area (TPSA) is 160 Å². The van der Waals surface area contributed by atoms with Gasteiger partial charge in [-0.15, -0.1) is 0 Å². The summed E-state index contributed by atoms with van der Waals surface area (Å²) in [5.41, 5.74) is 4.98. The molecular formula is C28H30N6O6. The third-order valence-corrected chi connectivity index (χ3v) is 7.27. The monoisotopic (exact) mass is 546 g/mol. The van der Waals surface area contributed by atoms with Crippen LogP contribution in [0.2, 0.25) is 0 Å². The minimum absolute atomic E-state index is 0.0502. The normalized spacial score (nSPS) is 14.0. The molecule has 208 valence electrons. The number of rotatable bonds is 8. The van der Waals surface area contributed by atoms with Crippen molar-refractivity contribution in [1.82, 2.24) is 30.5 Å². The van der Waals surface area contributed by atoms with Crippen LogP contribution < -0.4 is 10.6 Å². The van der Waals surface area contributed by atoms with Gasteiger partial charge in [0.25, 0.3) is 0 Å². The number of hydrogen-bond donors (Lipinski definition) is 3. The summed E-state index contributed by atoms with van der Waals surface area (Å²) in [7, 11) is 0. The number of carboxylic acid groups (broad SMARTS) is 1. The number of likely N-dealkylation sites (tertiary alicyclic amines) is 1. The Labute approximate surface area is 229 Å². The summed E-state index contributed by atoms with van der Waals surface area (Å²) >= 11 is 0. The summed E-state index contributed by atoms with van der Waals surface area (Å²) in [6.07, 6.45) is 1.49. The predicted octanol–water partition coefficient (Wildman–Crippen LogP) is 2.20. The zero-order valence-corrected chi connectivity index (χ0v) is 22.3. The van der Waals surface area contributed by atoms with Crippen molar-refractivity contribution in [2.75, 3.05) is 26.2 Å². The Hall–Kier alpha value is -4.74. The van der Waals surface area contributed by atoms with Crippen LogP contribution in [0.5, 0.6) is 0 Å². The fourth-order valence-electron chi connectivity index (χ4n) is 5.21. The number of nitrogens with zero attached hydrogens (tertiary/aromatic N) is 4. The minimum atomic E-state index is -1.17. The second kappa shape index (κ2) is 11.2. The number of benzene rings is 2. The van der Waals surface area contributed by atoms with Gasteiger partial charge in [0.15, 0.2) is 5.58 Å². The largest absolute Gasteiger partial charge is 0.480 e. The molecule has 3 amide bonds. The van der Waals surface area contributed by atoms with E-state index in [1.165, 1.54) is 0 Å². The molecule has 0 bridgehead atoms. The molecule has 3 heterocycles. The van der Waals surface area contributed by atoms with Crippen LogP contribution in [0.25, 0.3) is 33.0 Å². The maximum absolute atomic E-state index is 12.8. The van der Waals surface area contributed by atoms with Crippen LogP contribution in [-0.4, -0.2) is 74.8 Å². The molecule has 1 aliphatic heterocycles. The van der Waals surface area contributed by atoms with Gasteiger partial charge in [-0.05, 0) is 49.1 Å². The average Bonchev–Trinajstić information content (AvgIpc) is 3.50. The van der Waals surface area contributed by atoms with Gasteiger partial charge in [-0.25, -0.2) is 0 Å². The fourth-order valence-corrected chi connectivity index (χ4v) is 5.21. The van der Waals surface area contributed by atoms with Crippen LogP contribution in [0.4, 0.5) is 0 Å². The lowest BCUT2D eigenvalue weighted by molar-refractivity contribution is -0.137.